The Morgan fingerprint density at radius 1 is 1.08 bits per heavy atom. The highest BCUT2D eigenvalue weighted by Crippen LogP contribution is 2.18. The van der Waals surface area contributed by atoms with Gasteiger partial charge in [-0.2, -0.15) is 4.98 Å². The molecule has 2 N–H and O–H groups in total. The van der Waals surface area contributed by atoms with Crippen LogP contribution in [0.25, 0.3) is 11.0 Å². The third kappa shape index (κ3) is 3.88. The van der Waals surface area contributed by atoms with Crippen molar-refractivity contribution in [3.8, 4) is 0 Å². The van der Waals surface area contributed by atoms with Gasteiger partial charge in [0.25, 0.3) is 5.56 Å². The van der Waals surface area contributed by atoms with E-state index in [4.69, 9.17) is 0 Å². The molecule has 0 saturated carbocycles. The third-order valence-electron chi connectivity index (χ3n) is 3.92. The second kappa shape index (κ2) is 7.77. The van der Waals surface area contributed by atoms with Gasteiger partial charge < -0.3 is 10.6 Å². The minimum Gasteiger partial charge on any atom is -0.326 e. The van der Waals surface area contributed by atoms with Gasteiger partial charge in [-0.05, 0) is 36.8 Å². The van der Waals surface area contributed by atoms with Crippen LogP contribution in [0.1, 0.15) is 26.7 Å². The lowest BCUT2D eigenvalue weighted by Crippen LogP contribution is -2.20. The lowest BCUT2D eigenvalue weighted by molar-refractivity contribution is -0.115. The van der Waals surface area contributed by atoms with Gasteiger partial charge in [0.15, 0.2) is 0 Å². The summed E-state index contributed by atoms with van der Waals surface area (Å²) in [5.74, 6) is 0.385. The van der Waals surface area contributed by atoms with E-state index in [1.54, 1.807) is 23.8 Å². The van der Waals surface area contributed by atoms with E-state index in [1.165, 1.54) is 6.07 Å². The van der Waals surface area contributed by atoms with E-state index in [1.807, 2.05) is 31.2 Å². The molecule has 0 aliphatic rings. The zero-order valence-corrected chi connectivity index (χ0v) is 14.8. The van der Waals surface area contributed by atoms with E-state index in [0.717, 1.165) is 23.2 Å². The summed E-state index contributed by atoms with van der Waals surface area (Å²) in [5, 5.41) is 6.75. The van der Waals surface area contributed by atoms with Gasteiger partial charge in [-0.3, -0.25) is 14.2 Å². The largest absolute Gasteiger partial charge is 0.326 e. The minimum atomic E-state index is -0.0694. The van der Waals surface area contributed by atoms with Crippen molar-refractivity contribution in [1.29, 1.82) is 0 Å². The van der Waals surface area contributed by atoms with Crippen LogP contribution < -0.4 is 16.2 Å². The summed E-state index contributed by atoms with van der Waals surface area (Å²) in [6.45, 7) is 4.43. The number of amides is 1. The van der Waals surface area contributed by atoms with E-state index in [9.17, 15) is 9.59 Å². The molecule has 0 aliphatic heterocycles. The van der Waals surface area contributed by atoms with E-state index in [-0.39, 0.29) is 11.5 Å². The normalized spacial score (nSPS) is 10.7. The zero-order valence-electron chi connectivity index (χ0n) is 14.8. The third-order valence-corrected chi connectivity index (χ3v) is 3.92. The average Bonchev–Trinajstić information content (AvgIpc) is 2.65. The van der Waals surface area contributed by atoms with Gasteiger partial charge in [0.05, 0.1) is 0 Å². The molecule has 26 heavy (non-hydrogen) atoms. The van der Waals surface area contributed by atoms with Crippen molar-refractivity contribution in [2.24, 2.45) is 0 Å². The number of anilines is 3. The molecule has 1 aromatic carbocycles. The van der Waals surface area contributed by atoms with Crippen LogP contribution in [-0.2, 0) is 11.3 Å². The highest BCUT2D eigenvalue weighted by atomic mass is 16.1. The highest BCUT2D eigenvalue weighted by Gasteiger charge is 2.07. The summed E-state index contributed by atoms with van der Waals surface area (Å²) in [6, 6.07) is 10.6. The standard InChI is InChI=1S/C19H21N5O2/c1-3-11-24-17(26)10-5-13-12-20-19(23-18(13)24)22-15-8-6-14(7-9-15)21-16(25)4-2/h5-10,12H,3-4,11H2,1-2H3,(H,21,25)(H,20,22,23). The highest BCUT2D eigenvalue weighted by molar-refractivity contribution is 5.90. The second-order valence-electron chi connectivity index (χ2n) is 5.90. The molecule has 0 bridgehead atoms. The summed E-state index contributed by atoms with van der Waals surface area (Å²) < 4.78 is 1.66. The fourth-order valence-electron chi connectivity index (χ4n) is 2.59. The van der Waals surface area contributed by atoms with Crippen molar-refractivity contribution < 1.29 is 4.79 Å². The first kappa shape index (κ1) is 17.6. The van der Waals surface area contributed by atoms with E-state index >= 15 is 0 Å². The van der Waals surface area contributed by atoms with Crippen molar-refractivity contribution in [2.45, 2.75) is 33.2 Å². The number of nitrogens with zero attached hydrogens (tertiary/aromatic N) is 3. The molecule has 2 aromatic heterocycles. The molecule has 0 atom stereocenters. The molecule has 0 spiro atoms. The summed E-state index contributed by atoms with van der Waals surface area (Å²) in [4.78, 5) is 32.3. The number of rotatable bonds is 6. The maximum Gasteiger partial charge on any atom is 0.252 e. The fraction of sp³-hybridized carbons (Fsp3) is 0.263. The number of carbonyl (C=O) groups excluding carboxylic acids is 1. The number of aromatic nitrogens is 3. The Bertz CT molecular complexity index is 979. The molecule has 0 saturated heterocycles. The molecule has 7 heteroatoms. The predicted octanol–water partition coefficient (Wildman–Crippen LogP) is 3.29. The molecular weight excluding hydrogens is 330 g/mol. The van der Waals surface area contributed by atoms with Gasteiger partial charge in [-0.15, -0.1) is 0 Å². The Labute approximate surface area is 151 Å². The van der Waals surface area contributed by atoms with E-state index in [0.29, 0.717) is 24.6 Å². The van der Waals surface area contributed by atoms with Gasteiger partial charge in [0.1, 0.15) is 5.65 Å². The molecule has 0 aliphatic carbocycles. The number of carbonyl (C=O) groups is 1. The monoisotopic (exact) mass is 351 g/mol. The van der Waals surface area contributed by atoms with Crippen molar-refractivity contribution in [1.82, 2.24) is 14.5 Å². The number of pyridine rings is 1. The first-order valence-corrected chi connectivity index (χ1v) is 8.64. The molecule has 0 fully saturated rings. The Morgan fingerprint density at radius 2 is 1.81 bits per heavy atom. The molecule has 7 nitrogen and oxygen atoms in total. The maximum atomic E-state index is 12.1. The van der Waals surface area contributed by atoms with Gasteiger partial charge >= 0.3 is 0 Å². The maximum absolute atomic E-state index is 12.1. The molecule has 0 radical (unpaired) electrons. The van der Waals surface area contributed by atoms with Crippen LogP contribution in [0.5, 0.6) is 0 Å². The molecule has 3 aromatic rings. The number of benzene rings is 1. The Hall–Kier alpha value is -3.22. The quantitative estimate of drug-likeness (QED) is 0.711. The zero-order chi connectivity index (χ0) is 18.5. The van der Waals surface area contributed by atoms with Crippen LogP contribution in [-0.4, -0.2) is 20.4 Å². The van der Waals surface area contributed by atoms with Gasteiger partial charge in [0.2, 0.25) is 11.9 Å². The SMILES string of the molecule is CCCn1c(=O)ccc2cnc(Nc3ccc(NC(=O)CC)cc3)nc21. The second-order valence-corrected chi connectivity index (χ2v) is 5.90. The first-order valence-electron chi connectivity index (χ1n) is 8.64. The minimum absolute atomic E-state index is 0.0301. The molecule has 2 heterocycles. The van der Waals surface area contributed by atoms with Crippen LogP contribution in [0.4, 0.5) is 17.3 Å². The summed E-state index contributed by atoms with van der Waals surface area (Å²) in [7, 11) is 0. The number of nitrogens with one attached hydrogen (secondary N) is 2. The van der Waals surface area contributed by atoms with Crippen molar-refractivity contribution in [2.75, 3.05) is 10.6 Å². The number of hydrogen-bond donors (Lipinski definition) is 2. The lowest BCUT2D eigenvalue weighted by Gasteiger charge is -2.10. The molecule has 0 unspecified atom stereocenters. The predicted molar refractivity (Wildman–Crippen MR) is 103 cm³/mol. The van der Waals surface area contributed by atoms with E-state index in [2.05, 4.69) is 20.6 Å². The van der Waals surface area contributed by atoms with Crippen LogP contribution >= 0.6 is 0 Å². The number of aryl methyl sites for hydroxylation is 1. The van der Waals surface area contributed by atoms with Gasteiger partial charge in [-0.1, -0.05) is 13.8 Å². The van der Waals surface area contributed by atoms with Gasteiger partial charge in [0, 0.05) is 42.0 Å². The average molecular weight is 351 g/mol. The summed E-state index contributed by atoms with van der Waals surface area (Å²) >= 11 is 0. The first-order chi connectivity index (χ1) is 12.6. The van der Waals surface area contributed by atoms with Crippen LogP contribution in [0.15, 0.2) is 47.4 Å². The topological polar surface area (TPSA) is 88.9 Å². The van der Waals surface area contributed by atoms with Crippen LogP contribution in [0.3, 0.4) is 0 Å². The Kier molecular flexibility index (Phi) is 5.26. The van der Waals surface area contributed by atoms with Crippen LogP contribution in [0.2, 0.25) is 0 Å². The van der Waals surface area contributed by atoms with E-state index < -0.39 is 0 Å². The molecule has 134 valence electrons. The van der Waals surface area contributed by atoms with Crippen LogP contribution in [0, 0.1) is 0 Å². The smallest absolute Gasteiger partial charge is 0.252 e. The summed E-state index contributed by atoms with van der Waals surface area (Å²) in [6.07, 6.45) is 2.98. The Morgan fingerprint density at radius 3 is 2.50 bits per heavy atom. The molecular formula is C19H21N5O2. The fourth-order valence-corrected chi connectivity index (χ4v) is 2.59. The summed E-state index contributed by atoms with van der Waals surface area (Å²) in [5.41, 5.74) is 2.07. The number of hydrogen-bond acceptors (Lipinski definition) is 5. The van der Waals surface area contributed by atoms with Gasteiger partial charge in [-0.25, -0.2) is 4.98 Å². The van der Waals surface area contributed by atoms with Crippen molar-refractivity contribution in [3.63, 3.8) is 0 Å². The molecule has 1 amide bonds. The molecule has 3 rings (SSSR count). The van der Waals surface area contributed by atoms with Crippen molar-refractivity contribution in [3.05, 3.63) is 52.9 Å². The van der Waals surface area contributed by atoms with Crippen molar-refractivity contribution >= 4 is 34.3 Å². The Balaban J connectivity index is 1.85. The lowest BCUT2D eigenvalue weighted by atomic mass is 10.2. The number of fused-ring (bicyclic) bond motifs is 1.